The van der Waals surface area contributed by atoms with Crippen LogP contribution in [0.25, 0.3) is 16.3 Å². The molecule has 4 rings (SSSR count). The summed E-state index contributed by atoms with van der Waals surface area (Å²) in [4.78, 5) is 15.6. The molecule has 0 radical (unpaired) electrons. The lowest BCUT2D eigenvalue weighted by atomic mass is 10.1. The summed E-state index contributed by atoms with van der Waals surface area (Å²) in [5.74, 6) is 1.14. The summed E-state index contributed by atoms with van der Waals surface area (Å²) < 4.78 is 7.62. The van der Waals surface area contributed by atoms with Crippen LogP contribution in [0.3, 0.4) is 0 Å². The maximum Gasteiger partial charge on any atom is 0.263 e. The van der Waals surface area contributed by atoms with Crippen LogP contribution in [-0.2, 0) is 4.79 Å². The van der Waals surface area contributed by atoms with Crippen molar-refractivity contribution in [1.29, 1.82) is 0 Å². The predicted molar refractivity (Wildman–Crippen MR) is 99.2 cm³/mol. The molecule has 3 aromatic heterocycles. The fourth-order valence-electron chi connectivity index (χ4n) is 3.17. The minimum atomic E-state index is -0.514. The number of fused-ring (bicyclic) bond motifs is 1. The van der Waals surface area contributed by atoms with E-state index >= 15 is 0 Å². The van der Waals surface area contributed by atoms with Gasteiger partial charge in [-0.15, -0.1) is 26.6 Å². The Balaban J connectivity index is 1.57. The Morgan fingerprint density at radius 2 is 2.08 bits per heavy atom. The molecule has 26 heavy (non-hydrogen) atoms. The summed E-state index contributed by atoms with van der Waals surface area (Å²) in [6.45, 7) is 3.60. The van der Waals surface area contributed by atoms with Crippen LogP contribution in [-0.4, -0.2) is 49.8 Å². The highest BCUT2D eigenvalue weighted by Crippen LogP contribution is 2.24. The molecule has 1 aliphatic rings. The van der Waals surface area contributed by atoms with Crippen LogP contribution in [0.4, 0.5) is 0 Å². The van der Waals surface area contributed by atoms with E-state index in [1.54, 1.807) is 21.9 Å². The third kappa shape index (κ3) is 3.29. The van der Waals surface area contributed by atoms with E-state index in [0.717, 1.165) is 30.8 Å². The van der Waals surface area contributed by atoms with Crippen LogP contribution in [0.15, 0.2) is 29.6 Å². The number of nitrogens with zero attached hydrogens (tertiary/aromatic N) is 5. The molecule has 0 saturated carbocycles. The van der Waals surface area contributed by atoms with Gasteiger partial charge in [-0.3, -0.25) is 4.79 Å². The standard InChI is InChI=1S/C18H21N5O2S/c1-2-13(18(24)22-10-4-3-5-11-22)25-16-9-8-15-19-20-17(23(15)21-16)14-7-6-12-26-14/h6-9,12-13H,2-5,10-11H2,1H3/t13-/m1/s1. The number of rotatable bonds is 5. The molecule has 1 saturated heterocycles. The van der Waals surface area contributed by atoms with Crippen molar-refractivity contribution in [2.45, 2.75) is 38.7 Å². The molecule has 0 bridgehead atoms. The minimum Gasteiger partial charge on any atom is -0.463 e. The van der Waals surface area contributed by atoms with Gasteiger partial charge in [-0.25, -0.2) is 0 Å². The average Bonchev–Trinajstić information content (AvgIpc) is 3.35. The van der Waals surface area contributed by atoms with Gasteiger partial charge in [0.2, 0.25) is 5.88 Å². The van der Waals surface area contributed by atoms with Crippen molar-refractivity contribution in [3.63, 3.8) is 0 Å². The number of hydrogen-bond donors (Lipinski definition) is 0. The third-order valence-electron chi connectivity index (χ3n) is 4.56. The summed E-state index contributed by atoms with van der Waals surface area (Å²) in [6, 6.07) is 7.50. The zero-order valence-corrected chi connectivity index (χ0v) is 15.5. The molecule has 0 spiro atoms. The second-order valence-corrected chi connectivity index (χ2v) is 7.29. The molecule has 1 atom stereocenters. The van der Waals surface area contributed by atoms with E-state index < -0.39 is 6.10 Å². The summed E-state index contributed by atoms with van der Waals surface area (Å²) in [5.41, 5.74) is 0.649. The summed E-state index contributed by atoms with van der Waals surface area (Å²) in [5, 5.41) is 14.9. The van der Waals surface area contributed by atoms with Crippen LogP contribution < -0.4 is 4.74 Å². The largest absolute Gasteiger partial charge is 0.463 e. The van der Waals surface area contributed by atoms with Crippen molar-refractivity contribution in [3.05, 3.63) is 29.6 Å². The summed E-state index contributed by atoms with van der Waals surface area (Å²) in [7, 11) is 0. The van der Waals surface area contributed by atoms with Gasteiger partial charge < -0.3 is 9.64 Å². The van der Waals surface area contributed by atoms with E-state index in [1.807, 2.05) is 35.4 Å². The van der Waals surface area contributed by atoms with Crippen LogP contribution in [0.1, 0.15) is 32.6 Å². The van der Waals surface area contributed by atoms with Gasteiger partial charge in [0.25, 0.3) is 5.91 Å². The number of carbonyl (C=O) groups excluding carboxylic acids is 1. The molecular weight excluding hydrogens is 350 g/mol. The number of hydrogen-bond acceptors (Lipinski definition) is 6. The molecule has 3 aromatic rings. The summed E-state index contributed by atoms with van der Waals surface area (Å²) >= 11 is 1.58. The molecule has 136 valence electrons. The number of ether oxygens (including phenoxy) is 1. The van der Waals surface area contributed by atoms with Gasteiger partial charge >= 0.3 is 0 Å². The van der Waals surface area contributed by atoms with Crippen LogP contribution in [0.5, 0.6) is 5.88 Å². The molecule has 8 heteroatoms. The van der Waals surface area contributed by atoms with E-state index in [1.165, 1.54) is 6.42 Å². The van der Waals surface area contributed by atoms with Crippen molar-refractivity contribution in [2.75, 3.05) is 13.1 Å². The average molecular weight is 371 g/mol. The van der Waals surface area contributed by atoms with Crippen LogP contribution in [0, 0.1) is 0 Å². The van der Waals surface area contributed by atoms with E-state index in [-0.39, 0.29) is 5.91 Å². The number of carbonyl (C=O) groups is 1. The van der Waals surface area contributed by atoms with E-state index in [4.69, 9.17) is 4.74 Å². The number of thiophene rings is 1. The molecule has 0 aliphatic carbocycles. The SMILES string of the molecule is CC[C@@H](Oc1ccc2nnc(-c3cccs3)n2n1)C(=O)N1CCCCC1. The number of aromatic nitrogens is 4. The first-order valence-electron chi connectivity index (χ1n) is 8.98. The molecule has 4 heterocycles. The number of likely N-dealkylation sites (tertiary alicyclic amines) is 1. The van der Waals surface area contributed by atoms with Crippen LogP contribution in [0.2, 0.25) is 0 Å². The van der Waals surface area contributed by atoms with E-state index in [0.29, 0.717) is 23.8 Å². The van der Waals surface area contributed by atoms with Gasteiger partial charge in [-0.2, -0.15) is 4.52 Å². The van der Waals surface area contributed by atoms with Crippen LogP contribution >= 0.6 is 11.3 Å². The van der Waals surface area contributed by atoms with Gasteiger partial charge in [0.05, 0.1) is 4.88 Å². The topological polar surface area (TPSA) is 72.6 Å². The van der Waals surface area contributed by atoms with E-state index in [9.17, 15) is 4.79 Å². The highest BCUT2D eigenvalue weighted by atomic mass is 32.1. The van der Waals surface area contributed by atoms with Gasteiger partial charge in [-0.1, -0.05) is 13.0 Å². The fraction of sp³-hybridized carbons (Fsp3) is 0.444. The Hall–Kier alpha value is -2.48. The highest BCUT2D eigenvalue weighted by molar-refractivity contribution is 7.13. The molecule has 1 amide bonds. The molecule has 1 fully saturated rings. The van der Waals surface area contributed by atoms with Gasteiger partial charge in [-0.05, 0) is 43.2 Å². The normalized spacial score (nSPS) is 16.0. The molecule has 0 aromatic carbocycles. The Kier molecular flexibility index (Phi) is 4.83. The van der Waals surface area contributed by atoms with Crippen molar-refractivity contribution < 1.29 is 9.53 Å². The number of amides is 1. The first-order chi connectivity index (χ1) is 12.8. The number of piperidine rings is 1. The van der Waals surface area contributed by atoms with Crippen molar-refractivity contribution in [1.82, 2.24) is 24.7 Å². The molecule has 1 aliphatic heterocycles. The quantitative estimate of drug-likeness (QED) is 0.689. The molecule has 0 N–H and O–H groups in total. The molecular formula is C18H21N5O2S. The minimum absolute atomic E-state index is 0.0522. The highest BCUT2D eigenvalue weighted by Gasteiger charge is 2.26. The zero-order valence-electron chi connectivity index (χ0n) is 14.7. The lowest BCUT2D eigenvalue weighted by Gasteiger charge is -2.29. The zero-order chi connectivity index (χ0) is 17.9. The maximum atomic E-state index is 12.7. The maximum absolute atomic E-state index is 12.7. The van der Waals surface area contributed by atoms with Crippen molar-refractivity contribution in [3.8, 4) is 16.6 Å². The van der Waals surface area contributed by atoms with Crippen molar-refractivity contribution in [2.24, 2.45) is 0 Å². The van der Waals surface area contributed by atoms with E-state index in [2.05, 4.69) is 15.3 Å². The second-order valence-electron chi connectivity index (χ2n) is 6.34. The molecule has 7 nitrogen and oxygen atoms in total. The third-order valence-corrected chi connectivity index (χ3v) is 5.42. The Morgan fingerprint density at radius 3 is 2.81 bits per heavy atom. The smallest absolute Gasteiger partial charge is 0.263 e. The monoisotopic (exact) mass is 371 g/mol. The molecule has 0 unspecified atom stereocenters. The van der Waals surface area contributed by atoms with Gasteiger partial charge in [0.1, 0.15) is 0 Å². The first kappa shape index (κ1) is 17.0. The lowest BCUT2D eigenvalue weighted by molar-refractivity contribution is -0.139. The Labute approximate surface area is 155 Å². The lowest BCUT2D eigenvalue weighted by Crippen LogP contribution is -2.44. The first-order valence-corrected chi connectivity index (χ1v) is 9.86. The van der Waals surface area contributed by atoms with Gasteiger partial charge in [0.15, 0.2) is 17.6 Å². The predicted octanol–water partition coefficient (Wildman–Crippen LogP) is 3.02. The summed E-state index contributed by atoms with van der Waals surface area (Å²) in [6.07, 6.45) is 3.42. The van der Waals surface area contributed by atoms with Crippen molar-refractivity contribution >= 4 is 22.9 Å². The Bertz CT molecular complexity index is 886. The van der Waals surface area contributed by atoms with Gasteiger partial charge in [0, 0.05) is 19.2 Å². The Morgan fingerprint density at radius 1 is 1.23 bits per heavy atom. The fourth-order valence-corrected chi connectivity index (χ4v) is 3.86. The second kappa shape index (κ2) is 7.41.